The highest BCUT2D eigenvalue weighted by Gasteiger charge is 2.14. The van der Waals surface area contributed by atoms with Gasteiger partial charge in [0.05, 0.1) is 11.5 Å². The van der Waals surface area contributed by atoms with Gasteiger partial charge < -0.3 is 5.11 Å². The molecule has 1 aliphatic carbocycles. The Morgan fingerprint density at radius 1 is 1.47 bits per heavy atom. The summed E-state index contributed by atoms with van der Waals surface area (Å²) in [5, 5.41) is 9.69. The Balaban J connectivity index is 2.43. The lowest BCUT2D eigenvalue weighted by atomic mass is 9.95. The van der Waals surface area contributed by atoms with Crippen molar-refractivity contribution < 1.29 is 5.11 Å². The van der Waals surface area contributed by atoms with Crippen molar-refractivity contribution in [2.75, 3.05) is 5.94 Å². The van der Waals surface area contributed by atoms with Crippen LogP contribution in [0.2, 0.25) is 0 Å². The molecule has 0 unspecified atom stereocenters. The van der Waals surface area contributed by atoms with E-state index in [9.17, 15) is 0 Å². The third-order valence-electron chi connectivity index (χ3n) is 2.62. The molecule has 0 aliphatic heterocycles. The first kappa shape index (κ1) is 10.5. The second-order valence-electron chi connectivity index (χ2n) is 3.57. The quantitative estimate of drug-likeness (QED) is 0.469. The lowest BCUT2D eigenvalue weighted by molar-refractivity contribution is 0.375. The van der Waals surface area contributed by atoms with E-state index >= 15 is 0 Å². The van der Waals surface area contributed by atoms with Crippen LogP contribution >= 0.6 is 11.8 Å². The Morgan fingerprint density at radius 3 is 3.00 bits per heavy atom. The summed E-state index contributed by atoms with van der Waals surface area (Å²) in [7, 11) is 0. The first-order valence-electron chi connectivity index (χ1n) is 5.08. The molecular weight excluding hydrogens is 206 g/mol. The number of hydrogen-bond donors (Lipinski definition) is 1. The molecule has 3 heteroatoms. The molecule has 0 amide bonds. The third-order valence-corrected chi connectivity index (χ3v) is 3.34. The first-order valence-corrected chi connectivity index (χ1v) is 6.06. The van der Waals surface area contributed by atoms with Gasteiger partial charge in [0.2, 0.25) is 0 Å². The standard InChI is InChI=1S/C12H13NOS/c1-2-9-7-10-5-3-4-6-11(10)13-12(9)15-8-14/h1,7,14H,3-6,8H2. The van der Waals surface area contributed by atoms with Crippen molar-refractivity contribution in [3.05, 3.63) is 22.9 Å². The fourth-order valence-electron chi connectivity index (χ4n) is 1.89. The molecule has 1 aromatic heterocycles. The van der Waals surface area contributed by atoms with E-state index in [-0.39, 0.29) is 5.94 Å². The van der Waals surface area contributed by atoms with Gasteiger partial charge in [-0.05, 0) is 37.3 Å². The third kappa shape index (κ3) is 2.17. The summed E-state index contributed by atoms with van der Waals surface area (Å²) in [6, 6.07) is 2.06. The number of aromatic nitrogens is 1. The number of aryl methyl sites for hydroxylation is 2. The molecule has 1 aliphatic rings. The fourth-order valence-corrected chi connectivity index (χ4v) is 2.46. The molecule has 0 aromatic carbocycles. The summed E-state index contributed by atoms with van der Waals surface area (Å²) < 4.78 is 0. The maximum absolute atomic E-state index is 8.90. The van der Waals surface area contributed by atoms with Crippen LogP contribution in [-0.2, 0) is 12.8 Å². The van der Waals surface area contributed by atoms with Gasteiger partial charge in [-0.2, -0.15) is 0 Å². The maximum atomic E-state index is 8.90. The fraction of sp³-hybridized carbons (Fsp3) is 0.417. The average Bonchev–Trinajstić information content (AvgIpc) is 2.28. The molecule has 78 valence electrons. The molecule has 0 saturated carbocycles. The van der Waals surface area contributed by atoms with Crippen LogP contribution in [0.15, 0.2) is 11.1 Å². The summed E-state index contributed by atoms with van der Waals surface area (Å²) in [4.78, 5) is 4.53. The van der Waals surface area contributed by atoms with Crippen LogP contribution < -0.4 is 0 Å². The summed E-state index contributed by atoms with van der Waals surface area (Å²) >= 11 is 1.30. The zero-order valence-corrected chi connectivity index (χ0v) is 9.31. The molecule has 0 saturated heterocycles. The van der Waals surface area contributed by atoms with Crippen LogP contribution in [0.25, 0.3) is 0 Å². The first-order chi connectivity index (χ1) is 7.35. The molecule has 2 nitrogen and oxygen atoms in total. The Hall–Kier alpha value is -0.980. The molecule has 0 spiro atoms. The van der Waals surface area contributed by atoms with E-state index in [0.717, 1.165) is 29.1 Å². The van der Waals surface area contributed by atoms with Gasteiger partial charge in [-0.1, -0.05) is 17.7 Å². The lowest BCUT2D eigenvalue weighted by Gasteiger charge is -2.16. The van der Waals surface area contributed by atoms with Gasteiger partial charge in [-0.25, -0.2) is 4.98 Å². The predicted molar refractivity (Wildman–Crippen MR) is 61.8 cm³/mol. The Kier molecular flexibility index (Phi) is 3.30. The normalized spacial score (nSPS) is 14.4. The van der Waals surface area contributed by atoms with E-state index < -0.39 is 0 Å². The Morgan fingerprint density at radius 2 is 2.27 bits per heavy atom. The van der Waals surface area contributed by atoms with Crippen molar-refractivity contribution in [3.8, 4) is 12.3 Å². The SMILES string of the molecule is C#Cc1cc2c(nc1SCO)CCCC2. The van der Waals surface area contributed by atoms with E-state index in [1.54, 1.807) is 0 Å². The number of aliphatic hydroxyl groups is 1. The van der Waals surface area contributed by atoms with Gasteiger partial charge in [-0.15, -0.1) is 6.42 Å². The second kappa shape index (κ2) is 4.69. The number of hydrogen-bond acceptors (Lipinski definition) is 3. The molecule has 2 rings (SSSR count). The van der Waals surface area contributed by atoms with Gasteiger partial charge in [-0.3, -0.25) is 0 Å². The van der Waals surface area contributed by atoms with Crippen LogP contribution in [0.4, 0.5) is 0 Å². The molecule has 0 bridgehead atoms. The minimum absolute atomic E-state index is 0.0282. The van der Waals surface area contributed by atoms with E-state index in [1.807, 2.05) is 0 Å². The highest BCUT2D eigenvalue weighted by atomic mass is 32.2. The minimum atomic E-state index is 0.0282. The molecule has 0 atom stereocenters. The number of thioether (sulfide) groups is 1. The predicted octanol–water partition coefficient (Wildman–Crippen LogP) is 1.98. The van der Waals surface area contributed by atoms with Gasteiger partial charge in [0.15, 0.2) is 0 Å². The smallest absolute Gasteiger partial charge is 0.114 e. The van der Waals surface area contributed by atoms with Crippen LogP contribution in [0.1, 0.15) is 29.7 Å². The van der Waals surface area contributed by atoms with E-state index in [1.165, 1.54) is 30.2 Å². The zero-order valence-electron chi connectivity index (χ0n) is 8.49. The second-order valence-corrected chi connectivity index (χ2v) is 4.51. The average molecular weight is 219 g/mol. The van der Waals surface area contributed by atoms with Crippen molar-refractivity contribution in [2.45, 2.75) is 30.7 Å². The number of rotatable bonds is 2. The zero-order chi connectivity index (χ0) is 10.7. The monoisotopic (exact) mass is 219 g/mol. The van der Waals surface area contributed by atoms with Crippen molar-refractivity contribution >= 4 is 11.8 Å². The number of fused-ring (bicyclic) bond motifs is 1. The highest BCUT2D eigenvalue weighted by Crippen LogP contribution is 2.26. The van der Waals surface area contributed by atoms with E-state index in [2.05, 4.69) is 17.0 Å². The maximum Gasteiger partial charge on any atom is 0.114 e. The number of pyridine rings is 1. The van der Waals surface area contributed by atoms with E-state index in [0.29, 0.717) is 0 Å². The number of aliphatic hydroxyl groups excluding tert-OH is 1. The lowest BCUT2D eigenvalue weighted by Crippen LogP contribution is -2.07. The molecule has 1 N–H and O–H groups in total. The van der Waals surface area contributed by atoms with Gasteiger partial charge in [0, 0.05) is 5.69 Å². The number of terminal acetylenes is 1. The van der Waals surface area contributed by atoms with Crippen molar-refractivity contribution in [1.29, 1.82) is 0 Å². The molecule has 1 heterocycles. The Labute approximate surface area is 94.1 Å². The molecular formula is C12H13NOS. The van der Waals surface area contributed by atoms with Gasteiger partial charge in [0.25, 0.3) is 0 Å². The number of nitrogens with zero attached hydrogens (tertiary/aromatic N) is 1. The summed E-state index contributed by atoms with van der Waals surface area (Å²) in [5.41, 5.74) is 3.27. The summed E-state index contributed by atoms with van der Waals surface area (Å²) in [6.07, 6.45) is 9.99. The summed E-state index contributed by atoms with van der Waals surface area (Å²) in [6.45, 7) is 0. The summed E-state index contributed by atoms with van der Waals surface area (Å²) in [5.74, 6) is 2.66. The molecule has 15 heavy (non-hydrogen) atoms. The minimum Gasteiger partial charge on any atom is -0.385 e. The van der Waals surface area contributed by atoms with Gasteiger partial charge >= 0.3 is 0 Å². The van der Waals surface area contributed by atoms with Crippen molar-refractivity contribution in [2.24, 2.45) is 0 Å². The molecule has 1 aromatic rings. The topological polar surface area (TPSA) is 33.1 Å². The van der Waals surface area contributed by atoms with Crippen LogP contribution in [0.3, 0.4) is 0 Å². The highest BCUT2D eigenvalue weighted by molar-refractivity contribution is 7.99. The van der Waals surface area contributed by atoms with Crippen molar-refractivity contribution in [1.82, 2.24) is 4.98 Å². The molecule has 0 radical (unpaired) electrons. The molecule has 0 fully saturated rings. The van der Waals surface area contributed by atoms with Crippen LogP contribution in [0, 0.1) is 12.3 Å². The Bertz CT molecular complexity index is 409. The van der Waals surface area contributed by atoms with Crippen molar-refractivity contribution in [3.63, 3.8) is 0 Å². The van der Waals surface area contributed by atoms with Crippen LogP contribution in [0.5, 0.6) is 0 Å². The van der Waals surface area contributed by atoms with Crippen LogP contribution in [-0.4, -0.2) is 16.0 Å². The largest absolute Gasteiger partial charge is 0.385 e. The van der Waals surface area contributed by atoms with Gasteiger partial charge in [0.1, 0.15) is 5.03 Å². The van der Waals surface area contributed by atoms with E-state index in [4.69, 9.17) is 11.5 Å².